The fraction of sp³-hybridized carbons (Fsp3) is 0.524. The Morgan fingerprint density at radius 3 is 1.36 bits per heavy atom. The molecular formula is C21H34O3Zr. The molecule has 1 aliphatic rings. The summed E-state index contributed by atoms with van der Waals surface area (Å²) in [5.41, 5.74) is 1.65. The molecule has 0 aromatic heterocycles. The first kappa shape index (κ1) is 32.2. The first-order chi connectivity index (χ1) is 11.3. The van der Waals surface area contributed by atoms with E-state index in [2.05, 4.69) is 58.7 Å². The molecule has 0 heterocycles. The Labute approximate surface area is 174 Å². The SMILES string of the molecule is C=CCC[O-].C=CCC[O-].C=CCC[O-].CC(C)(C)C1=[C-]CC=C1.[Zr+4]. The number of rotatable bonds is 6. The summed E-state index contributed by atoms with van der Waals surface area (Å²) in [6.07, 6.45) is 15.3. The fourth-order valence-corrected chi connectivity index (χ4v) is 1.17. The molecule has 1 rings (SSSR count). The Kier molecular flexibility index (Phi) is 33.1. The van der Waals surface area contributed by atoms with Gasteiger partial charge < -0.3 is 15.3 Å². The Morgan fingerprint density at radius 2 is 1.28 bits per heavy atom. The molecule has 0 unspecified atom stereocenters. The molecule has 0 aromatic rings. The molecule has 140 valence electrons. The van der Waals surface area contributed by atoms with Crippen molar-refractivity contribution in [2.24, 2.45) is 5.41 Å². The van der Waals surface area contributed by atoms with Crippen molar-refractivity contribution in [3.05, 3.63) is 61.8 Å². The minimum atomic E-state index is -0.0243. The third kappa shape index (κ3) is 31.7. The summed E-state index contributed by atoms with van der Waals surface area (Å²) in [7, 11) is 0. The van der Waals surface area contributed by atoms with Crippen molar-refractivity contribution in [2.75, 3.05) is 19.8 Å². The molecule has 25 heavy (non-hydrogen) atoms. The molecule has 0 bridgehead atoms. The molecule has 0 fully saturated rings. The van der Waals surface area contributed by atoms with Crippen LogP contribution in [0.1, 0.15) is 46.5 Å². The summed E-state index contributed by atoms with van der Waals surface area (Å²) in [6, 6.07) is 0. The van der Waals surface area contributed by atoms with Gasteiger partial charge in [-0.1, -0.05) is 58.3 Å². The van der Waals surface area contributed by atoms with E-state index in [9.17, 15) is 15.3 Å². The maximum absolute atomic E-state index is 9.46. The summed E-state index contributed by atoms with van der Waals surface area (Å²) < 4.78 is 0. The first-order valence-electron chi connectivity index (χ1n) is 8.20. The maximum atomic E-state index is 9.46. The molecule has 3 nitrogen and oxygen atoms in total. The van der Waals surface area contributed by atoms with E-state index in [1.807, 2.05) is 0 Å². The predicted octanol–water partition coefficient (Wildman–Crippen LogP) is 2.49. The standard InChI is InChI=1S/C9H13.3C4H7O.Zr/c1-9(2,3)8-6-4-5-7-8;3*1-2-3-4-5;/h4,6H,5H2,1-3H3;3*2H,1,3-4H2;/q4*-1;+4. The van der Waals surface area contributed by atoms with Gasteiger partial charge in [-0.25, -0.2) is 11.6 Å². The smallest absolute Gasteiger partial charge is 0.854 e. The molecule has 0 aliphatic heterocycles. The quantitative estimate of drug-likeness (QED) is 0.485. The molecule has 0 aromatic carbocycles. The van der Waals surface area contributed by atoms with Gasteiger partial charge in [0, 0.05) is 0 Å². The third-order valence-corrected chi connectivity index (χ3v) is 2.47. The second-order valence-corrected chi connectivity index (χ2v) is 5.79. The van der Waals surface area contributed by atoms with Crippen molar-refractivity contribution >= 4 is 0 Å². The van der Waals surface area contributed by atoms with Gasteiger partial charge >= 0.3 is 26.2 Å². The van der Waals surface area contributed by atoms with Crippen molar-refractivity contribution in [2.45, 2.75) is 46.5 Å². The summed E-state index contributed by atoms with van der Waals surface area (Å²) in [4.78, 5) is 0. The number of allylic oxidation sites excluding steroid dienone is 4. The Hall–Kier alpha value is -0.537. The Morgan fingerprint density at radius 1 is 0.920 bits per heavy atom. The molecule has 0 saturated heterocycles. The van der Waals surface area contributed by atoms with Gasteiger partial charge in [0.2, 0.25) is 0 Å². The van der Waals surface area contributed by atoms with Gasteiger partial charge in [-0.3, -0.25) is 6.08 Å². The molecule has 0 saturated carbocycles. The van der Waals surface area contributed by atoms with Crippen molar-refractivity contribution < 1.29 is 41.5 Å². The summed E-state index contributed by atoms with van der Waals surface area (Å²) in [6.45, 7) is 16.6. The van der Waals surface area contributed by atoms with E-state index in [0.29, 0.717) is 24.7 Å². The van der Waals surface area contributed by atoms with Gasteiger partial charge in [-0.2, -0.15) is 6.08 Å². The van der Waals surface area contributed by atoms with Gasteiger partial charge in [-0.05, 0) is 5.41 Å². The van der Waals surface area contributed by atoms with E-state index >= 15 is 0 Å². The minimum absolute atomic E-state index is 0. The monoisotopic (exact) mass is 424 g/mol. The van der Waals surface area contributed by atoms with Crippen molar-refractivity contribution in [3.63, 3.8) is 0 Å². The zero-order valence-corrected chi connectivity index (χ0v) is 18.6. The van der Waals surface area contributed by atoms with E-state index in [1.165, 1.54) is 5.57 Å². The predicted molar refractivity (Wildman–Crippen MR) is 99.0 cm³/mol. The zero-order chi connectivity index (χ0) is 19.3. The van der Waals surface area contributed by atoms with Crippen LogP contribution in [0.4, 0.5) is 0 Å². The van der Waals surface area contributed by atoms with Crippen LogP contribution in [0.3, 0.4) is 0 Å². The third-order valence-electron chi connectivity index (χ3n) is 2.47. The van der Waals surface area contributed by atoms with Crippen LogP contribution in [-0.2, 0) is 26.2 Å². The molecule has 0 N–H and O–H groups in total. The van der Waals surface area contributed by atoms with Gasteiger partial charge in [0.1, 0.15) is 0 Å². The fourth-order valence-electron chi connectivity index (χ4n) is 1.17. The van der Waals surface area contributed by atoms with Crippen LogP contribution in [0.25, 0.3) is 0 Å². The maximum Gasteiger partial charge on any atom is 4.00 e. The van der Waals surface area contributed by atoms with Crippen molar-refractivity contribution in [1.82, 2.24) is 0 Å². The van der Waals surface area contributed by atoms with Crippen LogP contribution in [0, 0.1) is 11.5 Å². The van der Waals surface area contributed by atoms with Crippen molar-refractivity contribution in [1.29, 1.82) is 0 Å². The van der Waals surface area contributed by atoms with E-state index in [0.717, 1.165) is 6.42 Å². The van der Waals surface area contributed by atoms with Crippen LogP contribution in [0.2, 0.25) is 0 Å². The van der Waals surface area contributed by atoms with Crippen molar-refractivity contribution in [3.8, 4) is 0 Å². The largest absolute Gasteiger partial charge is 4.00 e. The van der Waals surface area contributed by atoms with E-state index < -0.39 is 0 Å². The second kappa shape index (κ2) is 25.7. The van der Waals surface area contributed by atoms with E-state index in [-0.39, 0.29) is 46.0 Å². The zero-order valence-electron chi connectivity index (χ0n) is 16.2. The Bertz CT molecular complexity index is 329. The van der Waals surface area contributed by atoms with Crippen LogP contribution in [-0.4, -0.2) is 19.8 Å². The van der Waals surface area contributed by atoms with Crippen LogP contribution in [0.15, 0.2) is 55.7 Å². The van der Waals surface area contributed by atoms with Gasteiger partial charge in [-0.15, -0.1) is 46.0 Å². The molecule has 4 heteroatoms. The first-order valence-corrected chi connectivity index (χ1v) is 8.20. The second-order valence-electron chi connectivity index (χ2n) is 5.79. The summed E-state index contributed by atoms with van der Waals surface area (Å²) >= 11 is 0. The number of hydrogen-bond acceptors (Lipinski definition) is 3. The van der Waals surface area contributed by atoms with Gasteiger partial charge in [0.05, 0.1) is 0 Å². The van der Waals surface area contributed by atoms with Gasteiger partial charge in [0.15, 0.2) is 0 Å². The topological polar surface area (TPSA) is 69.2 Å². The average molecular weight is 426 g/mol. The Balaban J connectivity index is -0.000000122. The summed E-state index contributed by atoms with van der Waals surface area (Å²) in [5.74, 6) is 0. The van der Waals surface area contributed by atoms with E-state index in [4.69, 9.17) is 0 Å². The molecule has 0 spiro atoms. The summed E-state index contributed by atoms with van der Waals surface area (Å²) in [5, 5.41) is 28.4. The molecule has 0 radical (unpaired) electrons. The molecular weight excluding hydrogens is 391 g/mol. The normalized spacial score (nSPS) is 11.0. The van der Waals surface area contributed by atoms with E-state index in [1.54, 1.807) is 18.2 Å². The number of hydrogen-bond donors (Lipinski definition) is 0. The minimum Gasteiger partial charge on any atom is -0.854 e. The molecule has 0 amide bonds. The van der Waals surface area contributed by atoms with Crippen LogP contribution in [0.5, 0.6) is 0 Å². The molecule has 0 atom stereocenters. The molecule has 1 aliphatic carbocycles. The van der Waals surface area contributed by atoms with Crippen LogP contribution >= 0.6 is 0 Å². The van der Waals surface area contributed by atoms with Gasteiger partial charge in [0.25, 0.3) is 0 Å². The van der Waals surface area contributed by atoms with Crippen LogP contribution < -0.4 is 15.3 Å². The average Bonchev–Trinajstić information content (AvgIpc) is 3.06.